The van der Waals surface area contributed by atoms with Crippen molar-refractivity contribution in [1.82, 2.24) is 15.1 Å². The molecule has 30 heavy (non-hydrogen) atoms. The first-order chi connectivity index (χ1) is 14.5. The first kappa shape index (κ1) is 21.3. The van der Waals surface area contributed by atoms with Gasteiger partial charge in [-0.15, -0.1) is 0 Å². The number of aryl methyl sites for hydroxylation is 2. The Bertz CT molecular complexity index is 749. The second-order valence-electron chi connectivity index (χ2n) is 9.51. The normalized spacial score (nSPS) is 23.6. The van der Waals surface area contributed by atoms with E-state index in [9.17, 15) is 9.59 Å². The molecule has 1 saturated carbocycles. The van der Waals surface area contributed by atoms with E-state index in [0.717, 1.165) is 36.7 Å². The highest BCUT2D eigenvalue weighted by Crippen LogP contribution is 2.31. The van der Waals surface area contributed by atoms with Gasteiger partial charge in [0.25, 0.3) is 5.91 Å². The van der Waals surface area contributed by atoms with Crippen LogP contribution < -0.4 is 5.32 Å². The van der Waals surface area contributed by atoms with Crippen LogP contribution in [0.15, 0.2) is 18.2 Å². The maximum Gasteiger partial charge on any atom is 0.251 e. The van der Waals surface area contributed by atoms with Crippen LogP contribution in [-0.4, -0.2) is 73.6 Å². The molecule has 1 aromatic carbocycles. The number of nitrogens with one attached hydrogen (secondary N) is 1. The van der Waals surface area contributed by atoms with Crippen molar-refractivity contribution in [1.29, 1.82) is 0 Å². The molecule has 0 bridgehead atoms. The third-order valence-corrected chi connectivity index (χ3v) is 6.59. The fourth-order valence-corrected chi connectivity index (χ4v) is 4.72. The first-order valence-electron chi connectivity index (χ1n) is 11.4. The van der Waals surface area contributed by atoms with Crippen LogP contribution in [0.5, 0.6) is 0 Å². The summed E-state index contributed by atoms with van der Waals surface area (Å²) in [7, 11) is 0. The number of rotatable bonds is 7. The van der Waals surface area contributed by atoms with Crippen molar-refractivity contribution in [2.45, 2.75) is 45.6 Å². The van der Waals surface area contributed by atoms with Crippen LogP contribution in [0.3, 0.4) is 0 Å². The lowest BCUT2D eigenvalue weighted by Crippen LogP contribution is -2.52. The third kappa shape index (κ3) is 5.82. The van der Waals surface area contributed by atoms with E-state index in [-0.39, 0.29) is 24.5 Å². The maximum absolute atomic E-state index is 12.5. The summed E-state index contributed by atoms with van der Waals surface area (Å²) in [6.07, 6.45) is 5.01. The Hall–Kier alpha value is -1.92. The summed E-state index contributed by atoms with van der Waals surface area (Å²) in [4.78, 5) is 29.4. The molecule has 3 fully saturated rings. The van der Waals surface area contributed by atoms with E-state index in [0.29, 0.717) is 24.6 Å². The Labute approximate surface area is 179 Å². The van der Waals surface area contributed by atoms with Crippen LogP contribution in [0.1, 0.15) is 47.2 Å². The van der Waals surface area contributed by atoms with Crippen LogP contribution in [-0.2, 0) is 9.53 Å². The van der Waals surface area contributed by atoms with Crippen molar-refractivity contribution < 1.29 is 14.3 Å². The molecular weight excluding hydrogens is 378 g/mol. The molecule has 4 rings (SSSR count). The van der Waals surface area contributed by atoms with Gasteiger partial charge in [0.05, 0.1) is 6.10 Å². The molecule has 1 atom stereocenters. The summed E-state index contributed by atoms with van der Waals surface area (Å²) in [6.45, 7) is 9.51. The van der Waals surface area contributed by atoms with Crippen molar-refractivity contribution in [3.8, 4) is 0 Å². The highest BCUT2D eigenvalue weighted by Gasteiger charge is 2.31. The Balaban J connectivity index is 1.23. The highest BCUT2D eigenvalue weighted by molar-refractivity contribution is 5.94. The molecule has 2 saturated heterocycles. The van der Waals surface area contributed by atoms with Crippen molar-refractivity contribution in [3.63, 3.8) is 0 Å². The SMILES string of the molecule is Cc1cc(C)cc(C(=O)NC[C@H]2CN(CC3CCN(CC4CC4)CC3)C(=O)CO2)c1. The van der Waals surface area contributed by atoms with Gasteiger partial charge in [-0.1, -0.05) is 17.2 Å². The van der Waals surface area contributed by atoms with Gasteiger partial charge >= 0.3 is 0 Å². The number of morpholine rings is 1. The predicted octanol–water partition coefficient (Wildman–Crippen LogP) is 2.38. The molecule has 1 aromatic rings. The fraction of sp³-hybridized carbons (Fsp3) is 0.667. The Morgan fingerprint density at radius 3 is 2.37 bits per heavy atom. The second kappa shape index (κ2) is 9.48. The highest BCUT2D eigenvalue weighted by atomic mass is 16.5. The fourth-order valence-electron chi connectivity index (χ4n) is 4.72. The number of hydrogen-bond donors (Lipinski definition) is 1. The van der Waals surface area contributed by atoms with E-state index in [2.05, 4.69) is 16.3 Å². The molecular formula is C24H35N3O3. The summed E-state index contributed by atoms with van der Waals surface area (Å²) >= 11 is 0. The van der Waals surface area contributed by atoms with E-state index in [1.165, 1.54) is 32.2 Å². The lowest BCUT2D eigenvalue weighted by atomic mass is 9.95. The number of ether oxygens (including phenoxy) is 1. The number of likely N-dealkylation sites (tertiary alicyclic amines) is 1. The van der Waals surface area contributed by atoms with E-state index in [1.54, 1.807) is 0 Å². The maximum atomic E-state index is 12.5. The minimum atomic E-state index is -0.146. The van der Waals surface area contributed by atoms with Crippen molar-refractivity contribution in [3.05, 3.63) is 34.9 Å². The van der Waals surface area contributed by atoms with Crippen molar-refractivity contribution >= 4 is 11.8 Å². The summed E-state index contributed by atoms with van der Waals surface area (Å²) in [5.74, 6) is 1.51. The van der Waals surface area contributed by atoms with Crippen LogP contribution in [0.2, 0.25) is 0 Å². The first-order valence-corrected chi connectivity index (χ1v) is 11.4. The summed E-state index contributed by atoms with van der Waals surface area (Å²) in [5.41, 5.74) is 2.83. The van der Waals surface area contributed by atoms with E-state index >= 15 is 0 Å². The number of benzene rings is 1. The standard InChI is InChI=1S/C24H35N3O3/c1-17-9-18(2)11-21(10-17)24(29)25-12-22-15-27(23(28)16-30-22)14-20-5-7-26(8-6-20)13-19-3-4-19/h9-11,19-20,22H,3-8,12-16H2,1-2H3,(H,25,29)/t22-/m0/s1. The molecule has 2 amide bonds. The van der Waals surface area contributed by atoms with Crippen molar-refractivity contribution in [2.75, 3.05) is 45.9 Å². The molecule has 3 aliphatic rings. The smallest absolute Gasteiger partial charge is 0.251 e. The number of hydrogen-bond acceptors (Lipinski definition) is 4. The molecule has 1 aliphatic carbocycles. The van der Waals surface area contributed by atoms with E-state index in [4.69, 9.17) is 4.74 Å². The zero-order valence-electron chi connectivity index (χ0n) is 18.4. The zero-order valence-corrected chi connectivity index (χ0v) is 18.4. The van der Waals surface area contributed by atoms with Gasteiger partial charge in [-0.3, -0.25) is 9.59 Å². The van der Waals surface area contributed by atoms with Gasteiger partial charge in [0.2, 0.25) is 5.91 Å². The summed E-state index contributed by atoms with van der Waals surface area (Å²) in [5, 5.41) is 2.98. The van der Waals surface area contributed by atoms with Crippen LogP contribution in [0.25, 0.3) is 0 Å². The minimum Gasteiger partial charge on any atom is -0.365 e. The Morgan fingerprint density at radius 1 is 1.03 bits per heavy atom. The number of amides is 2. The average molecular weight is 414 g/mol. The van der Waals surface area contributed by atoms with Crippen molar-refractivity contribution in [2.24, 2.45) is 11.8 Å². The van der Waals surface area contributed by atoms with Gasteiger partial charge < -0.3 is 19.9 Å². The monoisotopic (exact) mass is 413 g/mol. The number of carbonyl (C=O) groups excluding carboxylic acids is 2. The van der Waals surface area contributed by atoms with Gasteiger partial charge in [-0.2, -0.15) is 0 Å². The molecule has 0 radical (unpaired) electrons. The molecule has 0 aromatic heterocycles. The van der Waals surface area contributed by atoms with E-state index < -0.39 is 0 Å². The predicted molar refractivity (Wildman–Crippen MR) is 116 cm³/mol. The number of nitrogens with zero attached hydrogens (tertiary/aromatic N) is 2. The molecule has 0 spiro atoms. The topological polar surface area (TPSA) is 61.9 Å². The minimum absolute atomic E-state index is 0.0762. The quantitative estimate of drug-likeness (QED) is 0.746. The van der Waals surface area contributed by atoms with Gasteiger partial charge in [0.15, 0.2) is 0 Å². The summed E-state index contributed by atoms with van der Waals surface area (Å²) < 4.78 is 5.70. The molecule has 164 valence electrons. The van der Waals surface area contributed by atoms with Gasteiger partial charge in [0.1, 0.15) is 6.61 Å². The van der Waals surface area contributed by atoms with Crippen LogP contribution in [0, 0.1) is 25.7 Å². The zero-order chi connectivity index (χ0) is 21.1. The third-order valence-electron chi connectivity index (χ3n) is 6.59. The van der Waals surface area contributed by atoms with E-state index in [1.807, 2.05) is 30.9 Å². The van der Waals surface area contributed by atoms with Gasteiger partial charge in [-0.25, -0.2) is 0 Å². The van der Waals surface area contributed by atoms with Crippen LogP contribution in [0.4, 0.5) is 0 Å². The molecule has 6 heteroatoms. The molecule has 1 N–H and O–H groups in total. The van der Waals surface area contributed by atoms with Gasteiger partial charge in [0, 0.05) is 31.7 Å². The molecule has 2 heterocycles. The number of piperidine rings is 1. The summed E-state index contributed by atoms with van der Waals surface area (Å²) in [6, 6.07) is 5.85. The van der Waals surface area contributed by atoms with Crippen LogP contribution >= 0.6 is 0 Å². The molecule has 6 nitrogen and oxygen atoms in total. The second-order valence-corrected chi connectivity index (χ2v) is 9.51. The Morgan fingerprint density at radius 2 is 1.70 bits per heavy atom. The lowest BCUT2D eigenvalue weighted by Gasteiger charge is -2.38. The van der Waals surface area contributed by atoms with Gasteiger partial charge in [-0.05, 0) is 76.6 Å². The Kier molecular flexibility index (Phi) is 6.74. The largest absolute Gasteiger partial charge is 0.365 e. The molecule has 0 unspecified atom stereocenters. The number of carbonyl (C=O) groups is 2. The average Bonchev–Trinajstić information content (AvgIpc) is 3.53. The molecule has 2 aliphatic heterocycles. The lowest BCUT2D eigenvalue weighted by molar-refractivity contribution is -0.149.